The first-order valence-corrected chi connectivity index (χ1v) is 4.00. The summed E-state index contributed by atoms with van der Waals surface area (Å²) in [6.45, 7) is 0. The SMILES string of the molecule is Cl.Cn1ccnc1SCC(=O)O. The van der Waals surface area contributed by atoms with E-state index in [0.717, 1.165) is 5.16 Å². The molecule has 0 aliphatic carbocycles. The Hall–Kier alpha value is -0.680. The molecule has 12 heavy (non-hydrogen) atoms. The molecule has 1 aromatic heterocycles. The number of hydrogen-bond acceptors (Lipinski definition) is 3. The molecular formula is C6H9ClN2O2S. The second-order valence-electron chi connectivity index (χ2n) is 2.00. The van der Waals surface area contributed by atoms with E-state index in [1.807, 2.05) is 7.05 Å². The Morgan fingerprint density at radius 1 is 1.83 bits per heavy atom. The van der Waals surface area contributed by atoms with Gasteiger partial charge in [-0.1, -0.05) is 11.8 Å². The lowest BCUT2D eigenvalue weighted by Crippen LogP contribution is -1.99. The third kappa shape index (κ3) is 3.15. The van der Waals surface area contributed by atoms with Gasteiger partial charge in [0.2, 0.25) is 0 Å². The zero-order chi connectivity index (χ0) is 8.27. The van der Waals surface area contributed by atoms with Crippen molar-refractivity contribution < 1.29 is 9.90 Å². The topological polar surface area (TPSA) is 55.1 Å². The molecule has 0 unspecified atom stereocenters. The summed E-state index contributed by atoms with van der Waals surface area (Å²) in [5, 5.41) is 9.07. The third-order valence-corrected chi connectivity index (χ3v) is 2.14. The van der Waals surface area contributed by atoms with E-state index >= 15 is 0 Å². The highest BCUT2D eigenvalue weighted by Gasteiger charge is 2.02. The molecule has 0 aromatic carbocycles. The van der Waals surface area contributed by atoms with E-state index in [4.69, 9.17) is 5.11 Å². The monoisotopic (exact) mass is 208 g/mol. The van der Waals surface area contributed by atoms with E-state index < -0.39 is 5.97 Å². The van der Waals surface area contributed by atoms with Crippen LogP contribution in [0.1, 0.15) is 0 Å². The number of hydrogen-bond donors (Lipinski definition) is 1. The van der Waals surface area contributed by atoms with Gasteiger partial charge in [0.25, 0.3) is 0 Å². The average molecular weight is 209 g/mol. The van der Waals surface area contributed by atoms with Crippen molar-refractivity contribution >= 4 is 30.1 Å². The van der Waals surface area contributed by atoms with Gasteiger partial charge in [-0.3, -0.25) is 4.79 Å². The minimum atomic E-state index is -0.821. The average Bonchev–Trinajstić information content (AvgIpc) is 2.31. The molecule has 68 valence electrons. The molecule has 0 spiro atoms. The van der Waals surface area contributed by atoms with E-state index in [9.17, 15) is 4.79 Å². The molecule has 0 aliphatic heterocycles. The predicted molar refractivity (Wildman–Crippen MR) is 48.8 cm³/mol. The highest BCUT2D eigenvalue weighted by Crippen LogP contribution is 2.13. The van der Waals surface area contributed by atoms with Crippen LogP contribution in [0.25, 0.3) is 0 Å². The van der Waals surface area contributed by atoms with Crippen molar-refractivity contribution in [2.45, 2.75) is 5.16 Å². The Balaban J connectivity index is 0.00000121. The second-order valence-corrected chi connectivity index (χ2v) is 2.95. The number of aromatic nitrogens is 2. The fraction of sp³-hybridized carbons (Fsp3) is 0.333. The number of imidazole rings is 1. The van der Waals surface area contributed by atoms with Gasteiger partial charge in [0.05, 0.1) is 5.75 Å². The molecule has 0 aliphatic rings. The molecule has 0 saturated carbocycles. The Morgan fingerprint density at radius 3 is 2.92 bits per heavy atom. The van der Waals surface area contributed by atoms with Gasteiger partial charge in [0.1, 0.15) is 0 Å². The Bertz CT molecular complexity index is 264. The summed E-state index contributed by atoms with van der Waals surface area (Å²) in [5.41, 5.74) is 0. The van der Waals surface area contributed by atoms with Gasteiger partial charge < -0.3 is 9.67 Å². The summed E-state index contributed by atoms with van der Waals surface area (Å²) in [5.74, 6) is -0.761. The van der Waals surface area contributed by atoms with E-state index in [2.05, 4.69) is 4.98 Å². The summed E-state index contributed by atoms with van der Waals surface area (Å²) < 4.78 is 1.79. The molecule has 0 radical (unpaired) electrons. The van der Waals surface area contributed by atoms with Crippen LogP contribution in [-0.2, 0) is 11.8 Å². The van der Waals surface area contributed by atoms with Gasteiger partial charge in [-0.25, -0.2) is 4.98 Å². The van der Waals surface area contributed by atoms with Gasteiger partial charge in [-0.2, -0.15) is 0 Å². The van der Waals surface area contributed by atoms with Crippen molar-refractivity contribution in [3.63, 3.8) is 0 Å². The fourth-order valence-corrected chi connectivity index (χ4v) is 1.27. The van der Waals surface area contributed by atoms with Crippen molar-refractivity contribution in [2.24, 2.45) is 7.05 Å². The highest BCUT2D eigenvalue weighted by molar-refractivity contribution is 7.99. The molecule has 0 amide bonds. The quantitative estimate of drug-likeness (QED) is 0.754. The van der Waals surface area contributed by atoms with Gasteiger partial charge in [0, 0.05) is 19.4 Å². The second kappa shape index (κ2) is 5.05. The first-order valence-electron chi connectivity index (χ1n) is 3.02. The normalized spacial score (nSPS) is 9.08. The van der Waals surface area contributed by atoms with Crippen LogP contribution in [0.3, 0.4) is 0 Å². The highest BCUT2D eigenvalue weighted by atomic mass is 35.5. The van der Waals surface area contributed by atoms with E-state index in [1.165, 1.54) is 11.8 Å². The van der Waals surface area contributed by atoms with Gasteiger partial charge >= 0.3 is 5.97 Å². The van der Waals surface area contributed by atoms with E-state index in [1.54, 1.807) is 17.0 Å². The van der Waals surface area contributed by atoms with Crippen LogP contribution in [-0.4, -0.2) is 26.4 Å². The molecule has 1 heterocycles. The molecule has 0 bridgehead atoms. The lowest BCUT2D eigenvalue weighted by molar-refractivity contribution is -0.133. The standard InChI is InChI=1S/C6H8N2O2S.ClH/c1-8-3-2-7-6(8)11-4-5(9)10;/h2-3H,4H2,1H3,(H,9,10);1H. The van der Waals surface area contributed by atoms with Crippen LogP contribution in [0.5, 0.6) is 0 Å². The number of aryl methyl sites for hydroxylation is 1. The van der Waals surface area contributed by atoms with Crippen molar-refractivity contribution in [3.05, 3.63) is 12.4 Å². The van der Waals surface area contributed by atoms with Crippen molar-refractivity contribution in [3.8, 4) is 0 Å². The Labute approximate surface area is 80.4 Å². The summed E-state index contributed by atoms with van der Waals surface area (Å²) in [4.78, 5) is 14.1. The van der Waals surface area contributed by atoms with Crippen LogP contribution >= 0.6 is 24.2 Å². The molecule has 0 atom stereocenters. The minimum absolute atomic E-state index is 0. The number of carboxylic acid groups (broad SMARTS) is 1. The van der Waals surface area contributed by atoms with Gasteiger partial charge in [0.15, 0.2) is 5.16 Å². The number of thioether (sulfide) groups is 1. The van der Waals surface area contributed by atoms with Crippen LogP contribution in [0.4, 0.5) is 0 Å². The van der Waals surface area contributed by atoms with Crippen LogP contribution in [0.2, 0.25) is 0 Å². The summed E-state index contributed by atoms with van der Waals surface area (Å²) in [7, 11) is 1.83. The molecule has 1 rings (SSSR count). The molecule has 1 N–H and O–H groups in total. The Kier molecular flexibility index (Phi) is 4.77. The van der Waals surface area contributed by atoms with Crippen LogP contribution in [0, 0.1) is 0 Å². The number of nitrogens with zero attached hydrogens (tertiary/aromatic N) is 2. The molecule has 4 nitrogen and oxygen atoms in total. The number of carbonyl (C=O) groups is 1. The minimum Gasteiger partial charge on any atom is -0.481 e. The van der Waals surface area contributed by atoms with Gasteiger partial charge in [-0.15, -0.1) is 12.4 Å². The zero-order valence-electron chi connectivity index (χ0n) is 6.43. The molecule has 1 aromatic rings. The lowest BCUT2D eigenvalue weighted by Gasteiger charge is -1.96. The van der Waals surface area contributed by atoms with Crippen LogP contribution < -0.4 is 0 Å². The number of rotatable bonds is 3. The first-order chi connectivity index (χ1) is 5.20. The number of aliphatic carboxylic acids is 1. The summed E-state index contributed by atoms with van der Waals surface area (Å²) >= 11 is 1.21. The van der Waals surface area contributed by atoms with E-state index in [-0.39, 0.29) is 18.2 Å². The van der Waals surface area contributed by atoms with Gasteiger partial charge in [-0.05, 0) is 0 Å². The molecule has 0 saturated heterocycles. The van der Waals surface area contributed by atoms with Crippen LogP contribution in [0.15, 0.2) is 17.6 Å². The number of carboxylic acids is 1. The summed E-state index contributed by atoms with van der Waals surface area (Å²) in [6, 6.07) is 0. The number of halogens is 1. The van der Waals surface area contributed by atoms with Crippen molar-refractivity contribution in [1.29, 1.82) is 0 Å². The maximum Gasteiger partial charge on any atom is 0.313 e. The molecular weight excluding hydrogens is 200 g/mol. The Morgan fingerprint density at radius 2 is 2.50 bits per heavy atom. The van der Waals surface area contributed by atoms with Crippen molar-refractivity contribution in [2.75, 3.05) is 5.75 Å². The maximum atomic E-state index is 10.1. The summed E-state index contributed by atoms with van der Waals surface area (Å²) in [6.07, 6.45) is 3.42. The fourth-order valence-electron chi connectivity index (χ4n) is 0.617. The van der Waals surface area contributed by atoms with Crippen molar-refractivity contribution in [1.82, 2.24) is 9.55 Å². The maximum absolute atomic E-state index is 10.1. The first kappa shape index (κ1) is 11.3. The lowest BCUT2D eigenvalue weighted by atomic mass is 10.8. The third-order valence-electron chi connectivity index (χ3n) is 1.10. The smallest absolute Gasteiger partial charge is 0.313 e. The van der Waals surface area contributed by atoms with E-state index in [0.29, 0.717) is 0 Å². The molecule has 0 fully saturated rings. The predicted octanol–water partition coefficient (Wildman–Crippen LogP) is 1.02. The zero-order valence-corrected chi connectivity index (χ0v) is 8.06. The largest absolute Gasteiger partial charge is 0.481 e. The molecule has 6 heteroatoms.